The van der Waals surface area contributed by atoms with E-state index in [1.807, 2.05) is 18.2 Å². The van der Waals surface area contributed by atoms with E-state index in [1.54, 1.807) is 18.2 Å². The van der Waals surface area contributed by atoms with Crippen LogP contribution >= 0.6 is 11.6 Å². The summed E-state index contributed by atoms with van der Waals surface area (Å²) in [5, 5.41) is 3.38. The molecule has 0 unspecified atom stereocenters. The van der Waals surface area contributed by atoms with Crippen LogP contribution in [0, 0.1) is 5.82 Å². The van der Waals surface area contributed by atoms with Gasteiger partial charge >= 0.3 is 0 Å². The SMILES string of the molecule is O=C(NCCc1ccc(F)cc1)c1ccc(=O)n(Cc2ccccc2Cl)c1. The predicted molar refractivity (Wildman–Crippen MR) is 104 cm³/mol. The zero-order chi connectivity index (χ0) is 19.2. The number of amides is 1. The van der Waals surface area contributed by atoms with Crippen LogP contribution in [0.5, 0.6) is 0 Å². The Morgan fingerprint density at radius 1 is 1.04 bits per heavy atom. The number of pyridine rings is 1. The van der Waals surface area contributed by atoms with Gasteiger partial charge in [-0.05, 0) is 41.8 Å². The van der Waals surface area contributed by atoms with Crippen LogP contribution in [0.1, 0.15) is 21.5 Å². The number of carbonyl (C=O) groups excluding carboxylic acids is 1. The van der Waals surface area contributed by atoms with Crippen molar-refractivity contribution in [3.63, 3.8) is 0 Å². The summed E-state index contributed by atoms with van der Waals surface area (Å²) < 4.78 is 14.4. The van der Waals surface area contributed by atoms with E-state index in [-0.39, 0.29) is 23.8 Å². The fourth-order valence-corrected chi connectivity index (χ4v) is 2.87. The average molecular weight is 385 g/mol. The maximum atomic E-state index is 12.9. The molecular weight excluding hydrogens is 367 g/mol. The predicted octanol–water partition coefficient (Wildman–Crippen LogP) is 3.66. The molecule has 1 aromatic heterocycles. The van der Waals surface area contributed by atoms with Crippen LogP contribution in [-0.4, -0.2) is 17.0 Å². The van der Waals surface area contributed by atoms with Gasteiger partial charge in [-0.3, -0.25) is 9.59 Å². The molecule has 0 atom stereocenters. The molecule has 0 fully saturated rings. The minimum Gasteiger partial charge on any atom is -0.352 e. The van der Waals surface area contributed by atoms with E-state index in [9.17, 15) is 14.0 Å². The Labute approximate surface area is 161 Å². The molecule has 0 spiro atoms. The van der Waals surface area contributed by atoms with Crippen LogP contribution in [-0.2, 0) is 13.0 Å². The van der Waals surface area contributed by atoms with Gasteiger partial charge in [0.2, 0.25) is 0 Å². The van der Waals surface area contributed by atoms with Crippen molar-refractivity contribution in [3.8, 4) is 0 Å². The zero-order valence-corrected chi connectivity index (χ0v) is 15.2. The van der Waals surface area contributed by atoms with Gasteiger partial charge in [0.15, 0.2) is 0 Å². The third-order valence-corrected chi connectivity index (χ3v) is 4.53. The van der Waals surface area contributed by atoms with E-state index in [2.05, 4.69) is 5.32 Å². The lowest BCUT2D eigenvalue weighted by atomic mass is 10.1. The first-order chi connectivity index (χ1) is 13.0. The number of halogens is 2. The quantitative estimate of drug-likeness (QED) is 0.705. The molecule has 0 bridgehead atoms. The summed E-state index contributed by atoms with van der Waals surface area (Å²) in [5.74, 6) is -0.561. The van der Waals surface area contributed by atoms with Crippen LogP contribution in [0.25, 0.3) is 0 Å². The first-order valence-corrected chi connectivity index (χ1v) is 8.87. The number of carbonyl (C=O) groups is 1. The van der Waals surface area contributed by atoms with Crippen molar-refractivity contribution in [2.24, 2.45) is 0 Å². The zero-order valence-electron chi connectivity index (χ0n) is 14.5. The van der Waals surface area contributed by atoms with Crippen LogP contribution in [0.4, 0.5) is 4.39 Å². The topological polar surface area (TPSA) is 51.1 Å². The number of benzene rings is 2. The highest BCUT2D eigenvalue weighted by molar-refractivity contribution is 6.31. The summed E-state index contributed by atoms with van der Waals surface area (Å²) in [6, 6.07) is 16.3. The third-order valence-electron chi connectivity index (χ3n) is 4.16. The average Bonchev–Trinajstić information content (AvgIpc) is 2.66. The number of nitrogens with one attached hydrogen (secondary N) is 1. The van der Waals surface area contributed by atoms with Gasteiger partial charge in [-0.15, -0.1) is 0 Å². The van der Waals surface area contributed by atoms with E-state index in [1.165, 1.54) is 35.0 Å². The number of rotatable bonds is 6. The van der Waals surface area contributed by atoms with Crippen molar-refractivity contribution in [2.75, 3.05) is 6.54 Å². The van der Waals surface area contributed by atoms with Gasteiger partial charge in [0.05, 0.1) is 12.1 Å². The molecular formula is C21H18ClFN2O2. The molecule has 1 heterocycles. The maximum Gasteiger partial charge on any atom is 0.252 e. The minimum atomic E-state index is -0.288. The number of hydrogen-bond acceptors (Lipinski definition) is 2. The van der Waals surface area contributed by atoms with E-state index < -0.39 is 0 Å². The summed E-state index contributed by atoms with van der Waals surface area (Å²) in [4.78, 5) is 24.5. The first-order valence-electron chi connectivity index (χ1n) is 8.49. The van der Waals surface area contributed by atoms with Crippen molar-refractivity contribution in [1.29, 1.82) is 0 Å². The Morgan fingerprint density at radius 2 is 1.78 bits per heavy atom. The van der Waals surface area contributed by atoms with E-state index >= 15 is 0 Å². The van der Waals surface area contributed by atoms with Gasteiger partial charge in [0.25, 0.3) is 11.5 Å². The first kappa shape index (κ1) is 18.9. The van der Waals surface area contributed by atoms with Gasteiger partial charge in [-0.2, -0.15) is 0 Å². The minimum absolute atomic E-state index is 0.210. The standard InChI is InChI=1S/C21H18ClFN2O2/c22-19-4-2-1-3-16(19)13-25-14-17(7-10-20(25)26)21(27)24-12-11-15-5-8-18(23)9-6-15/h1-10,14H,11-13H2,(H,24,27). The monoisotopic (exact) mass is 384 g/mol. The molecule has 138 valence electrons. The van der Waals surface area contributed by atoms with Crippen LogP contribution in [0.2, 0.25) is 5.02 Å². The second-order valence-electron chi connectivity index (χ2n) is 6.11. The van der Waals surface area contributed by atoms with Gasteiger partial charge in [0.1, 0.15) is 5.82 Å². The van der Waals surface area contributed by atoms with Crippen molar-refractivity contribution in [2.45, 2.75) is 13.0 Å². The van der Waals surface area contributed by atoms with Gasteiger partial charge < -0.3 is 9.88 Å². The highest BCUT2D eigenvalue weighted by atomic mass is 35.5. The summed E-state index contributed by atoms with van der Waals surface area (Å²) >= 11 is 6.15. The Bertz CT molecular complexity index is 1000. The largest absolute Gasteiger partial charge is 0.352 e. The molecule has 0 saturated heterocycles. The van der Waals surface area contributed by atoms with Crippen LogP contribution in [0.3, 0.4) is 0 Å². The summed E-state index contributed by atoms with van der Waals surface area (Å²) in [6.45, 7) is 0.698. The molecule has 2 aromatic carbocycles. The highest BCUT2D eigenvalue weighted by Crippen LogP contribution is 2.15. The molecule has 0 aliphatic carbocycles. The molecule has 0 radical (unpaired) electrons. The fourth-order valence-electron chi connectivity index (χ4n) is 2.67. The molecule has 0 saturated carbocycles. The summed E-state index contributed by atoms with van der Waals surface area (Å²) in [7, 11) is 0. The molecule has 4 nitrogen and oxygen atoms in total. The van der Waals surface area contributed by atoms with E-state index in [0.29, 0.717) is 23.6 Å². The molecule has 6 heteroatoms. The Balaban J connectivity index is 1.65. The number of hydrogen-bond donors (Lipinski definition) is 1. The summed E-state index contributed by atoms with van der Waals surface area (Å²) in [5.41, 5.74) is 1.91. The molecule has 0 aliphatic heterocycles. The van der Waals surface area contributed by atoms with Crippen LogP contribution < -0.4 is 10.9 Å². The number of nitrogens with zero attached hydrogens (tertiary/aromatic N) is 1. The second kappa shape index (κ2) is 8.64. The third kappa shape index (κ3) is 5.05. The normalized spacial score (nSPS) is 10.6. The molecule has 3 aromatic rings. The van der Waals surface area contributed by atoms with Crippen LogP contribution in [0.15, 0.2) is 71.7 Å². The van der Waals surface area contributed by atoms with Crippen molar-refractivity contribution in [1.82, 2.24) is 9.88 Å². The second-order valence-corrected chi connectivity index (χ2v) is 6.51. The van der Waals surface area contributed by atoms with Gasteiger partial charge in [-0.25, -0.2) is 4.39 Å². The lowest BCUT2D eigenvalue weighted by Crippen LogP contribution is -2.28. The van der Waals surface area contributed by atoms with Gasteiger partial charge in [-0.1, -0.05) is 41.9 Å². The molecule has 0 aliphatic rings. The van der Waals surface area contributed by atoms with Crippen molar-refractivity contribution >= 4 is 17.5 Å². The van der Waals surface area contributed by atoms with Crippen molar-refractivity contribution in [3.05, 3.63) is 105 Å². The molecule has 1 N–H and O–H groups in total. The Kier molecular flexibility index (Phi) is 6.04. The number of aromatic nitrogens is 1. The van der Waals surface area contributed by atoms with E-state index in [0.717, 1.165) is 11.1 Å². The molecule has 1 amide bonds. The highest BCUT2D eigenvalue weighted by Gasteiger charge is 2.09. The Morgan fingerprint density at radius 3 is 2.52 bits per heavy atom. The Hall–Kier alpha value is -2.92. The molecule has 3 rings (SSSR count). The van der Waals surface area contributed by atoms with Gasteiger partial charge in [0, 0.05) is 23.8 Å². The lowest BCUT2D eigenvalue weighted by Gasteiger charge is -2.10. The van der Waals surface area contributed by atoms with E-state index in [4.69, 9.17) is 11.6 Å². The van der Waals surface area contributed by atoms with Crippen molar-refractivity contribution < 1.29 is 9.18 Å². The summed E-state index contributed by atoms with van der Waals surface area (Å²) in [6.07, 6.45) is 2.12. The fraction of sp³-hybridized carbons (Fsp3) is 0.143. The smallest absolute Gasteiger partial charge is 0.252 e. The maximum absolute atomic E-state index is 12.9. The molecule has 27 heavy (non-hydrogen) atoms. The lowest BCUT2D eigenvalue weighted by molar-refractivity contribution is 0.0953.